The fourth-order valence-corrected chi connectivity index (χ4v) is 4.18. The molecule has 0 saturated carbocycles. The maximum atomic E-state index is 10.4. The SMILES string of the molecule is N#Cc1ccc(-c2cc(Cl)cc(OCC(O)CN3CC(N4CCOCC4)C3)c2)cc1. The lowest BCUT2D eigenvalue weighted by Crippen LogP contribution is -2.62. The van der Waals surface area contributed by atoms with Crippen molar-refractivity contribution >= 4 is 11.6 Å². The summed E-state index contributed by atoms with van der Waals surface area (Å²) in [4.78, 5) is 4.73. The lowest BCUT2D eigenvalue weighted by Gasteiger charge is -2.47. The van der Waals surface area contributed by atoms with E-state index < -0.39 is 6.10 Å². The number of nitrogens with zero attached hydrogens (tertiary/aromatic N) is 3. The Morgan fingerprint density at radius 1 is 1.13 bits per heavy atom. The zero-order valence-electron chi connectivity index (χ0n) is 16.8. The lowest BCUT2D eigenvalue weighted by molar-refractivity contribution is -0.0461. The molecule has 0 aliphatic carbocycles. The maximum Gasteiger partial charge on any atom is 0.121 e. The van der Waals surface area contributed by atoms with Gasteiger partial charge in [0.25, 0.3) is 0 Å². The highest BCUT2D eigenvalue weighted by Crippen LogP contribution is 2.29. The van der Waals surface area contributed by atoms with Gasteiger partial charge in [-0.15, -0.1) is 0 Å². The van der Waals surface area contributed by atoms with E-state index >= 15 is 0 Å². The summed E-state index contributed by atoms with van der Waals surface area (Å²) in [6.45, 7) is 6.42. The van der Waals surface area contributed by atoms with Crippen LogP contribution in [0.3, 0.4) is 0 Å². The largest absolute Gasteiger partial charge is 0.491 e. The number of nitriles is 1. The number of rotatable bonds is 7. The summed E-state index contributed by atoms with van der Waals surface area (Å²) in [5, 5.41) is 19.9. The molecular formula is C23H26ClN3O3. The Labute approximate surface area is 182 Å². The Bertz CT molecular complexity index is 888. The molecule has 30 heavy (non-hydrogen) atoms. The predicted molar refractivity (Wildman–Crippen MR) is 116 cm³/mol. The van der Waals surface area contributed by atoms with Gasteiger partial charge in [-0.05, 0) is 41.5 Å². The van der Waals surface area contributed by atoms with E-state index in [0.717, 1.165) is 50.5 Å². The fourth-order valence-electron chi connectivity index (χ4n) is 3.96. The number of likely N-dealkylation sites (tertiary alicyclic amines) is 1. The van der Waals surface area contributed by atoms with Crippen molar-refractivity contribution < 1.29 is 14.6 Å². The van der Waals surface area contributed by atoms with Gasteiger partial charge in [-0.1, -0.05) is 23.7 Å². The van der Waals surface area contributed by atoms with E-state index in [1.54, 1.807) is 18.2 Å². The molecule has 2 aromatic rings. The first kappa shape index (κ1) is 21.1. The van der Waals surface area contributed by atoms with E-state index in [4.69, 9.17) is 26.3 Å². The summed E-state index contributed by atoms with van der Waals surface area (Å²) in [5.41, 5.74) is 2.48. The summed E-state index contributed by atoms with van der Waals surface area (Å²) < 4.78 is 11.2. The normalized spacial score (nSPS) is 19.1. The van der Waals surface area contributed by atoms with Crippen molar-refractivity contribution in [3.8, 4) is 22.9 Å². The smallest absolute Gasteiger partial charge is 0.121 e. The molecule has 2 heterocycles. The van der Waals surface area contributed by atoms with Gasteiger partial charge in [0.15, 0.2) is 0 Å². The molecule has 2 saturated heterocycles. The average molecular weight is 428 g/mol. The van der Waals surface area contributed by atoms with Gasteiger partial charge in [0.2, 0.25) is 0 Å². The predicted octanol–water partition coefficient (Wildman–Crippen LogP) is 2.63. The zero-order valence-corrected chi connectivity index (χ0v) is 17.6. The number of aliphatic hydroxyl groups is 1. The summed E-state index contributed by atoms with van der Waals surface area (Å²) in [6, 6.07) is 15.5. The van der Waals surface area contributed by atoms with Crippen LogP contribution in [-0.4, -0.2) is 79.6 Å². The molecule has 4 rings (SSSR count). The lowest BCUT2D eigenvalue weighted by atomic mass is 10.0. The Morgan fingerprint density at radius 3 is 2.57 bits per heavy atom. The molecule has 1 atom stereocenters. The first-order valence-corrected chi connectivity index (χ1v) is 10.6. The third kappa shape index (κ3) is 5.31. The van der Waals surface area contributed by atoms with Crippen LogP contribution in [-0.2, 0) is 4.74 Å². The van der Waals surface area contributed by atoms with Gasteiger partial charge < -0.3 is 14.6 Å². The number of benzene rings is 2. The van der Waals surface area contributed by atoms with Crippen LogP contribution >= 0.6 is 11.6 Å². The molecule has 6 nitrogen and oxygen atoms in total. The van der Waals surface area contributed by atoms with Crippen LogP contribution in [0.2, 0.25) is 5.02 Å². The van der Waals surface area contributed by atoms with Crippen LogP contribution in [0.1, 0.15) is 5.56 Å². The van der Waals surface area contributed by atoms with Crippen molar-refractivity contribution in [1.29, 1.82) is 5.26 Å². The van der Waals surface area contributed by atoms with Crippen LogP contribution < -0.4 is 4.74 Å². The minimum absolute atomic E-state index is 0.214. The second-order valence-corrected chi connectivity index (χ2v) is 8.29. The van der Waals surface area contributed by atoms with E-state index in [2.05, 4.69) is 15.9 Å². The third-order valence-electron chi connectivity index (χ3n) is 5.63. The molecule has 1 N–H and O–H groups in total. The van der Waals surface area contributed by atoms with Crippen molar-refractivity contribution in [3.05, 3.63) is 53.1 Å². The molecule has 0 radical (unpaired) electrons. The molecule has 2 aromatic carbocycles. The number of morpholine rings is 1. The van der Waals surface area contributed by atoms with Gasteiger partial charge >= 0.3 is 0 Å². The molecule has 1 unspecified atom stereocenters. The van der Waals surface area contributed by atoms with E-state index in [0.29, 0.717) is 28.9 Å². The first-order valence-electron chi connectivity index (χ1n) is 10.3. The maximum absolute atomic E-state index is 10.4. The second kappa shape index (κ2) is 9.78. The number of halogens is 1. The first-order chi connectivity index (χ1) is 14.6. The standard InChI is InChI=1S/C23H26ClN3O3/c24-20-9-19(18-3-1-17(12-25)2-4-18)10-23(11-20)30-16-22(28)15-26-13-21(14-26)27-5-7-29-8-6-27/h1-4,9-11,21-22,28H,5-8,13-16H2. The highest BCUT2D eigenvalue weighted by molar-refractivity contribution is 6.31. The number of hydrogen-bond acceptors (Lipinski definition) is 6. The van der Waals surface area contributed by atoms with Gasteiger partial charge in [0, 0.05) is 43.8 Å². The molecule has 7 heteroatoms. The second-order valence-electron chi connectivity index (χ2n) is 7.85. The molecule has 158 valence electrons. The molecular weight excluding hydrogens is 402 g/mol. The Morgan fingerprint density at radius 2 is 1.87 bits per heavy atom. The molecule has 0 bridgehead atoms. The topological polar surface area (TPSA) is 69.0 Å². The van der Waals surface area contributed by atoms with E-state index in [9.17, 15) is 5.11 Å². The van der Waals surface area contributed by atoms with Crippen molar-refractivity contribution in [2.24, 2.45) is 0 Å². The fraction of sp³-hybridized carbons (Fsp3) is 0.435. The van der Waals surface area contributed by atoms with Crippen LogP contribution in [0, 0.1) is 11.3 Å². The number of aliphatic hydroxyl groups excluding tert-OH is 1. The van der Waals surface area contributed by atoms with Gasteiger partial charge in [-0.25, -0.2) is 0 Å². The molecule has 0 spiro atoms. The molecule has 0 amide bonds. The van der Waals surface area contributed by atoms with E-state index in [-0.39, 0.29) is 6.61 Å². The Hall–Kier alpha value is -2.14. The van der Waals surface area contributed by atoms with Crippen LogP contribution in [0.15, 0.2) is 42.5 Å². The highest BCUT2D eigenvalue weighted by Gasteiger charge is 2.33. The molecule has 2 fully saturated rings. The van der Waals surface area contributed by atoms with Crippen LogP contribution in [0.25, 0.3) is 11.1 Å². The number of hydrogen-bond donors (Lipinski definition) is 1. The van der Waals surface area contributed by atoms with E-state index in [1.807, 2.05) is 24.3 Å². The highest BCUT2D eigenvalue weighted by atomic mass is 35.5. The van der Waals surface area contributed by atoms with Crippen molar-refractivity contribution in [1.82, 2.24) is 9.80 Å². The third-order valence-corrected chi connectivity index (χ3v) is 5.85. The summed E-state index contributed by atoms with van der Waals surface area (Å²) in [5.74, 6) is 0.621. The average Bonchev–Trinajstić information content (AvgIpc) is 2.75. The quantitative estimate of drug-likeness (QED) is 0.732. The summed E-state index contributed by atoms with van der Waals surface area (Å²) >= 11 is 6.26. The summed E-state index contributed by atoms with van der Waals surface area (Å²) in [7, 11) is 0. The Balaban J connectivity index is 1.27. The molecule has 2 aliphatic rings. The molecule has 2 aliphatic heterocycles. The zero-order chi connectivity index (χ0) is 20.9. The Kier molecular flexibility index (Phi) is 6.88. The number of β-amino-alcohol motifs (C(OH)–C–C–N with tert-alkyl or cyclic N) is 1. The van der Waals surface area contributed by atoms with Crippen molar-refractivity contribution in [3.63, 3.8) is 0 Å². The summed E-state index contributed by atoms with van der Waals surface area (Å²) in [6.07, 6.45) is -0.562. The number of ether oxygens (including phenoxy) is 2. The van der Waals surface area contributed by atoms with Crippen LogP contribution in [0.4, 0.5) is 0 Å². The minimum Gasteiger partial charge on any atom is -0.491 e. The van der Waals surface area contributed by atoms with Gasteiger partial charge in [-0.3, -0.25) is 9.80 Å². The van der Waals surface area contributed by atoms with Crippen LogP contribution in [0.5, 0.6) is 5.75 Å². The minimum atomic E-state index is -0.562. The van der Waals surface area contributed by atoms with Gasteiger partial charge in [0.1, 0.15) is 18.5 Å². The van der Waals surface area contributed by atoms with Gasteiger partial charge in [-0.2, -0.15) is 5.26 Å². The van der Waals surface area contributed by atoms with Crippen molar-refractivity contribution in [2.45, 2.75) is 12.1 Å². The molecule has 0 aromatic heterocycles. The monoisotopic (exact) mass is 427 g/mol. The van der Waals surface area contributed by atoms with Crippen molar-refractivity contribution in [2.75, 3.05) is 52.5 Å². The van der Waals surface area contributed by atoms with Gasteiger partial charge in [0.05, 0.1) is 24.8 Å². The van der Waals surface area contributed by atoms with E-state index in [1.165, 1.54) is 0 Å².